The normalized spacial score (nSPS) is 20.9. The van der Waals surface area contributed by atoms with Gasteiger partial charge in [0.05, 0.1) is 28.8 Å². The zero-order chi connectivity index (χ0) is 21.9. The Labute approximate surface area is 191 Å². The van der Waals surface area contributed by atoms with Crippen molar-refractivity contribution in [2.75, 3.05) is 0 Å². The molecule has 1 fully saturated rings. The van der Waals surface area contributed by atoms with E-state index in [4.69, 9.17) is 11.6 Å². The smallest absolute Gasteiger partial charge is 0.207 e. The first kappa shape index (κ1) is 19.9. The van der Waals surface area contributed by atoms with Crippen LogP contribution in [0.3, 0.4) is 0 Å². The highest BCUT2D eigenvalue weighted by Gasteiger charge is 2.47. The Hall–Kier alpha value is -2.74. The molecule has 0 saturated carbocycles. The summed E-state index contributed by atoms with van der Waals surface area (Å²) in [6, 6.07) is 18.3. The van der Waals surface area contributed by atoms with Gasteiger partial charge in [0, 0.05) is 17.5 Å². The molecule has 32 heavy (non-hydrogen) atoms. The number of halogens is 1. The number of rotatable bonds is 3. The van der Waals surface area contributed by atoms with Gasteiger partial charge in [-0.15, -0.1) is 4.52 Å². The predicted octanol–water partition coefficient (Wildman–Crippen LogP) is 4.11. The Kier molecular flexibility index (Phi) is 4.61. The third-order valence-corrected chi connectivity index (χ3v) is 8.85. The second kappa shape index (κ2) is 7.40. The number of sulfonamides is 1. The van der Waals surface area contributed by atoms with Crippen LogP contribution in [0.2, 0.25) is 5.02 Å². The van der Waals surface area contributed by atoms with E-state index in [1.54, 1.807) is 28.6 Å². The molecule has 2 unspecified atom stereocenters. The summed E-state index contributed by atoms with van der Waals surface area (Å²) in [4.78, 5) is 0.290. The first-order chi connectivity index (χ1) is 15.5. The molecule has 2 aliphatic rings. The van der Waals surface area contributed by atoms with Gasteiger partial charge in [-0.1, -0.05) is 34.9 Å². The number of hydrogen-bond acceptors (Lipinski definition) is 3. The number of fused-ring (bicyclic) bond motifs is 6. The van der Waals surface area contributed by atoms with E-state index in [0.29, 0.717) is 16.3 Å². The second-order valence-electron chi connectivity index (χ2n) is 8.43. The minimum absolute atomic E-state index is 0.0816. The molecule has 4 heterocycles. The first-order valence-electron chi connectivity index (χ1n) is 10.8. The predicted molar refractivity (Wildman–Crippen MR) is 121 cm³/mol. The molecule has 2 aromatic carbocycles. The van der Waals surface area contributed by atoms with Crippen LogP contribution in [0, 0.1) is 0 Å². The highest BCUT2D eigenvalue weighted by atomic mass is 35.5. The largest absolute Gasteiger partial charge is 0.313 e. The third kappa shape index (κ3) is 2.99. The monoisotopic (exact) mass is 465 g/mol. The van der Waals surface area contributed by atoms with Gasteiger partial charge in [-0.3, -0.25) is 0 Å². The number of nitrogens with zero attached hydrogens (tertiary/aromatic N) is 4. The third-order valence-electron chi connectivity index (χ3n) is 6.62. The summed E-state index contributed by atoms with van der Waals surface area (Å²) in [7, 11) is -3.66. The van der Waals surface area contributed by atoms with Gasteiger partial charge in [-0.05, 0) is 55.7 Å². The second-order valence-corrected chi connectivity index (χ2v) is 10.7. The maximum Gasteiger partial charge on any atom is 0.313 e. The topological polar surface area (TPSA) is 58.6 Å². The van der Waals surface area contributed by atoms with Gasteiger partial charge in [-0.25, -0.2) is 8.42 Å². The van der Waals surface area contributed by atoms with Crippen LogP contribution in [0.25, 0.3) is 11.3 Å². The molecule has 0 amide bonds. The molecule has 1 saturated heterocycles. The molecular formula is C24H22ClN4O2S+. The van der Waals surface area contributed by atoms with Gasteiger partial charge in [0.15, 0.2) is 0 Å². The number of aromatic nitrogens is 3. The van der Waals surface area contributed by atoms with Crippen molar-refractivity contribution in [2.24, 2.45) is 0 Å². The SMILES string of the molecule is O=S(=O)(c1ccc(Cl)cc1)N1C2CCCC1c1c[n+](-c3ccccc3)c3ccnn3c1C2. The lowest BCUT2D eigenvalue weighted by atomic mass is 9.85. The van der Waals surface area contributed by atoms with E-state index >= 15 is 0 Å². The number of hydrogen-bond donors (Lipinski definition) is 0. The molecule has 6 nitrogen and oxygen atoms in total. The van der Waals surface area contributed by atoms with E-state index in [0.717, 1.165) is 41.9 Å². The van der Waals surface area contributed by atoms with E-state index < -0.39 is 10.0 Å². The molecule has 8 heteroatoms. The molecule has 162 valence electrons. The summed E-state index contributed by atoms with van der Waals surface area (Å²) in [5.41, 5.74) is 4.13. The zero-order valence-electron chi connectivity index (χ0n) is 17.3. The highest BCUT2D eigenvalue weighted by Crippen LogP contribution is 2.44. The fourth-order valence-corrected chi connectivity index (χ4v) is 7.20. The lowest BCUT2D eigenvalue weighted by molar-refractivity contribution is -0.572. The van der Waals surface area contributed by atoms with Crippen molar-refractivity contribution in [1.82, 2.24) is 13.9 Å². The molecule has 0 N–H and O–H groups in total. The van der Waals surface area contributed by atoms with Crippen LogP contribution in [-0.2, 0) is 16.4 Å². The Morgan fingerprint density at radius 1 is 1.00 bits per heavy atom. The molecule has 2 aromatic heterocycles. The van der Waals surface area contributed by atoms with E-state index in [1.807, 2.05) is 47.1 Å². The van der Waals surface area contributed by atoms with Crippen molar-refractivity contribution in [1.29, 1.82) is 0 Å². The Morgan fingerprint density at radius 3 is 2.56 bits per heavy atom. The Bertz CT molecular complexity index is 1420. The Balaban J connectivity index is 1.54. The van der Waals surface area contributed by atoms with E-state index in [2.05, 4.69) is 15.9 Å². The van der Waals surface area contributed by atoms with Crippen LogP contribution in [0.1, 0.15) is 36.6 Å². The average molecular weight is 466 g/mol. The quantitative estimate of drug-likeness (QED) is 0.428. The Morgan fingerprint density at radius 2 is 1.78 bits per heavy atom. The van der Waals surface area contributed by atoms with Gasteiger partial charge < -0.3 is 0 Å². The van der Waals surface area contributed by atoms with Gasteiger partial charge in [0.2, 0.25) is 10.0 Å². The van der Waals surface area contributed by atoms with Crippen molar-refractivity contribution in [3.8, 4) is 5.69 Å². The average Bonchev–Trinajstić information content (AvgIpc) is 3.29. The summed E-state index contributed by atoms with van der Waals surface area (Å²) in [6.45, 7) is 0. The van der Waals surface area contributed by atoms with Crippen LogP contribution in [-0.4, -0.2) is 28.4 Å². The van der Waals surface area contributed by atoms with Gasteiger partial charge in [0.25, 0.3) is 0 Å². The van der Waals surface area contributed by atoms with Crippen molar-refractivity contribution >= 4 is 27.3 Å². The van der Waals surface area contributed by atoms with Crippen LogP contribution < -0.4 is 4.57 Å². The molecule has 6 rings (SSSR count). The molecule has 2 atom stereocenters. The number of benzene rings is 2. The van der Waals surface area contributed by atoms with E-state index in [-0.39, 0.29) is 12.1 Å². The minimum Gasteiger partial charge on any atom is -0.207 e. The fraction of sp³-hybridized carbons (Fsp3) is 0.250. The summed E-state index contributed by atoms with van der Waals surface area (Å²) >= 11 is 6.01. The van der Waals surface area contributed by atoms with Crippen LogP contribution >= 0.6 is 11.6 Å². The maximum atomic E-state index is 13.7. The van der Waals surface area contributed by atoms with Crippen molar-refractivity contribution in [3.63, 3.8) is 0 Å². The van der Waals surface area contributed by atoms with Gasteiger partial charge in [0.1, 0.15) is 17.6 Å². The van der Waals surface area contributed by atoms with Gasteiger partial charge >= 0.3 is 5.65 Å². The lowest BCUT2D eigenvalue weighted by Gasteiger charge is -2.44. The zero-order valence-corrected chi connectivity index (χ0v) is 18.9. The molecule has 0 aliphatic carbocycles. The van der Waals surface area contributed by atoms with Crippen LogP contribution in [0.15, 0.2) is 78.0 Å². The minimum atomic E-state index is -3.66. The molecular weight excluding hydrogens is 444 g/mol. The standard InChI is InChI=1S/C24H22ClN4O2S/c25-17-9-11-20(12-10-17)32(30,31)29-19-7-4-8-22(29)21-16-27(18-5-2-1-3-6-18)24-13-14-26-28(24)23(21)15-19/h1-3,5-6,9-14,16,19,22H,4,7-8,15H2/q+1. The summed E-state index contributed by atoms with van der Waals surface area (Å²) in [5, 5.41) is 5.14. The lowest BCUT2D eigenvalue weighted by Crippen LogP contribution is -2.51. The summed E-state index contributed by atoms with van der Waals surface area (Å²) in [6.07, 6.45) is 7.20. The molecule has 2 bridgehead atoms. The molecule has 4 aromatic rings. The van der Waals surface area contributed by atoms with Crippen LogP contribution in [0.4, 0.5) is 0 Å². The summed E-state index contributed by atoms with van der Waals surface area (Å²) < 4.78 is 33.3. The highest BCUT2D eigenvalue weighted by molar-refractivity contribution is 7.89. The number of para-hydroxylation sites is 1. The fourth-order valence-electron chi connectivity index (χ4n) is 5.22. The van der Waals surface area contributed by atoms with E-state index in [9.17, 15) is 8.42 Å². The van der Waals surface area contributed by atoms with Crippen molar-refractivity contribution < 1.29 is 13.0 Å². The van der Waals surface area contributed by atoms with Crippen LogP contribution in [0.5, 0.6) is 0 Å². The summed E-state index contributed by atoms with van der Waals surface area (Å²) in [5.74, 6) is 0. The van der Waals surface area contributed by atoms with Gasteiger partial charge in [-0.2, -0.15) is 8.87 Å². The number of piperidine rings is 1. The molecule has 0 radical (unpaired) electrons. The molecule has 0 spiro atoms. The maximum absolute atomic E-state index is 13.7. The molecule has 2 aliphatic heterocycles. The van der Waals surface area contributed by atoms with Crippen molar-refractivity contribution in [2.45, 2.75) is 42.7 Å². The van der Waals surface area contributed by atoms with Crippen molar-refractivity contribution in [3.05, 3.63) is 89.3 Å². The first-order valence-corrected chi connectivity index (χ1v) is 12.6. The van der Waals surface area contributed by atoms with E-state index in [1.165, 1.54) is 0 Å².